The van der Waals surface area contributed by atoms with Crippen LogP contribution in [0.2, 0.25) is 0 Å². The summed E-state index contributed by atoms with van der Waals surface area (Å²) in [5, 5.41) is 1.06. The van der Waals surface area contributed by atoms with E-state index in [1.165, 1.54) is 21.2 Å². The molecule has 0 aliphatic rings. The van der Waals surface area contributed by atoms with E-state index < -0.39 is 0 Å². The van der Waals surface area contributed by atoms with Gasteiger partial charge in [0.05, 0.1) is 0 Å². The number of aryl methyl sites for hydroxylation is 1. The molecule has 0 spiro atoms. The van der Waals surface area contributed by atoms with Crippen LogP contribution in [0.3, 0.4) is 0 Å². The molecule has 2 heteroatoms. The first-order valence-electron chi connectivity index (χ1n) is 5.09. The highest BCUT2D eigenvalue weighted by atomic mass is 32.1. The predicted octanol–water partition coefficient (Wildman–Crippen LogP) is 4.65. The average molecular weight is 222 g/mol. The number of hydrogen-bond acceptors (Lipinski definition) is 1. The van der Waals surface area contributed by atoms with E-state index in [0.717, 1.165) is 5.39 Å². The minimum Gasteiger partial charge on any atom is -0.207 e. The molecule has 0 radical (unpaired) electrons. The molecule has 1 aromatic carbocycles. The SMILES string of the molecule is Cc1c(C(C)(C)C)sc2ccc(F)cc12. The highest BCUT2D eigenvalue weighted by Gasteiger charge is 2.20. The Kier molecular flexibility index (Phi) is 2.34. The lowest BCUT2D eigenvalue weighted by atomic mass is 9.91. The Morgan fingerprint density at radius 3 is 2.47 bits per heavy atom. The summed E-state index contributed by atoms with van der Waals surface area (Å²) in [5.41, 5.74) is 1.37. The number of benzene rings is 1. The fraction of sp³-hybridized carbons (Fsp3) is 0.385. The second kappa shape index (κ2) is 3.31. The molecule has 80 valence electrons. The second-order valence-corrected chi connectivity index (χ2v) is 6.00. The molecule has 15 heavy (non-hydrogen) atoms. The van der Waals surface area contributed by atoms with Crippen LogP contribution in [0, 0.1) is 12.7 Å². The molecule has 0 nitrogen and oxygen atoms in total. The van der Waals surface area contributed by atoms with Crippen LogP contribution >= 0.6 is 11.3 Å². The predicted molar refractivity (Wildman–Crippen MR) is 65.2 cm³/mol. The molecule has 0 amide bonds. The molecule has 0 aliphatic heterocycles. The average Bonchev–Trinajstić information content (AvgIpc) is 2.43. The zero-order valence-corrected chi connectivity index (χ0v) is 10.3. The van der Waals surface area contributed by atoms with Gasteiger partial charge in [-0.25, -0.2) is 4.39 Å². The minimum absolute atomic E-state index is 0.143. The van der Waals surface area contributed by atoms with Gasteiger partial charge >= 0.3 is 0 Å². The van der Waals surface area contributed by atoms with Gasteiger partial charge in [-0.3, -0.25) is 0 Å². The van der Waals surface area contributed by atoms with E-state index in [9.17, 15) is 4.39 Å². The molecule has 2 rings (SSSR count). The summed E-state index contributed by atoms with van der Waals surface area (Å²) in [6, 6.07) is 5.04. The van der Waals surface area contributed by atoms with Gasteiger partial charge in [0.25, 0.3) is 0 Å². The molecule has 0 saturated heterocycles. The number of thiophene rings is 1. The molecule has 0 saturated carbocycles. The van der Waals surface area contributed by atoms with E-state index in [2.05, 4.69) is 27.7 Å². The second-order valence-electron chi connectivity index (χ2n) is 4.95. The van der Waals surface area contributed by atoms with Gasteiger partial charge in [-0.2, -0.15) is 0 Å². The summed E-state index contributed by atoms with van der Waals surface area (Å²) in [5.74, 6) is -0.149. The third kappa shape index (κ3) is 1.78. The lowest BCUT2D eigenvalue weighted by Crippen LogP contribution is -2.09. The summed E-state index contributed by atoms with van der Waals surface area (Å²) < 4.78 is 14.3. The lowest BCUT2D eigenvalue weighted by Gasteiger charge is -2.17. The quantitative estimate of drug-likeness (QED) is 0.609. The number of rotatable bonds is 0. The van der Waals surface area contributed by atoms with E-state index >= 15 is 0 Å². The Hall–Kier alpha value is -0.890. The monoisotopic (exact) mass is 222 g/mol. The molecule has 0 aliphatic carbocycles. The van der Waals surface area contributed by atoms with Crippen molar-refractivity contribution in [3.05, 3.63) is 34.5 Å². The first-order chi connectivity index (χ1) is 6.89. The Morgan fingerprint density at radius 2 is 1.87 bits per heavy atom. The molecule has 0 bridgehead atoms. The Labute approximate surface area is 93.7 Å². The number of hydrogen-bond donors (Lipinski definition) is 0. The molecule has 1 aromatic heterocycles. The van der Waals surface area contributed by atoms with Gasteiger partial charge in [-0.05, 0) is 41.5 Å². The first-order valence-corrected chi connectivity index (χ1v) is 5.90. The smallest absolute Gasteiger partial charge is 0.123 e. The molecular weight excluding hydrogens is 207 g/mol. The van der Waals surface area contributed by atoms with E-state index in [0.29, 0.717) is 0 Å². The molecule has 2 aromatic rings. The fourth-order valence-electron chi connectivity index (χ4n) is 1.91. The zero-order valence-electron chi connectivity index (χ0n) is 9.52. The van der Waals surface area contributed by atoms with E-state index in [1.807, 2.05) is 6.07 Å². The van der Waals surface area contributed by atoms with Crippen LogP contribution in [0.1, 0.15) is 31.2 Å². The Balaban J connectivity index is 2.76. The van der Waals surface area contributed by atoms with Crippen molar-refractivity contribution in [1.29, 1.82) is 0 Å². The van der Waals surface area contributed by atoms with Crippen LogP contribution in [0.4, 0.5) is 4.39 Å². The molecule has 0 unspecified atom stereocenters. The van der Waals surface area contributed by atoms with Crippen LogP contribution in [0.25, 0.3) is 10.1 Å². The normalized spacial score (nSPS) is 12.3. The molecular formula is C13H15FS. The van der Waals surface area contributed by atoms with E-state index in [1.54, 1.807) is 17.4 Å². The third-order valence-electron chi connectivity index (χ3n) is 2.58. The third-order valence-corrected chi connectivity index (χ3v) is 4.28. The zero-order chi connectivity index (χ0) is 11.2. The van der Waals surface area contributed by atoms with Crippen LogP contribution in [-0.4, -0.2) is 0 Å². The maximum absolute atomic E-state index is 13.1. The van der Waals surface area contributed by atoms with Crippen molar-refractivity contribution < 1.29 is 4.39 Å². The van der Waals surface area contributed by atoms with Crippen LogP contribution < -0.4 is 0 Å². The van der Waals surface area contributed by atoms with Gasteiger partial charge in [0.15, 0.2) is 0 Å². The van der Waals surface area contributed by atoms with Crippen LogP contribution in [0.15, 0.2) is 18.2 Å². The van der Waals surface area contributed by atoms with Crippen molar-refractivity contribution in [1.82, 2.24) is 0 Å². The molecule has 0 fully saturated rings. The highest BCUT2D eigenvalue weighted by Crippen LogP contribution is 2.38. The highest BCUT2D eigenvalue weighted by molar-refractivity contribution is 7.19. The number of halogens is 1. The molecule has 1 heterocycles. The van der Waals surface area contributed by atoms with Gasteiger partial charge in [0, 0.05) is 9.58 Å². The summed E-state index contributed by atoms with van der Waals surface area (Å²) in [7, 11) is 0. The van der Waals surface area contributed by atoms with Gasteiger partial charge < -0.3 is 0 Å². The van der Waals surface area contributed by atoms with Gasteiger partial charge in [-0.15, -0.1) is 11.3 Å². The van der Waals surface area contributed by atoms with Gasteiger partial charge in [0.2, 0.25) is 0 Å². The Morgan fingerprint density at radius 1 is 1.20 bits per heavy atom. The summed E-state index contributed by atoms with van der Waals surface area (Å²) in [4.78, 5) is 1.35. The van der Waals surface area contributed by atoms with Crippen molar-refractivity contribution in [2.24, 2.45) is 0 Å². The van der Waals surface area contributed by atoms with Crippen molar-refractivity contribution in [2.75, 3.05) is 0 Å². The van der Waals surface area contributed by atoms with E-state index in [4.69, 9.17) is 0 Å². The standard InChI is InChI=1S/C13H15FS/c1-8-10-7-9(14)5-6-11(10)15-12(8)13(2,3)4/h5-7H,1-4H3. The molecule has 0 atom stereocenters. The first kappa shape index (κ1) is 10.6. The van der Waals surface area contributed by atoms with Crippen molar-refractivity contribution in [3.8, 4) is 0 Å². The van der Waals surface area contributed by atoms with Gasteiger partial charge in [-0.1, -0.05) is 20.8 Å². The topological polar surface area (TPSA) is 0 Å². The van der Waals surface area contributed by atoms with E-state index in [-0.39, 0.29) is 11.2 Å². The van der Waals surface area contributed by atoms with Gasteiger partial charge in [0.1, 0.15) is 5.82 Å². The summed E-state index contributed by atoms with van der Waals surface area (Å²) >= 11 is 1.77. The minimum atomic E-state index is -0.149. The maximum atomic E-state index is 13.1. The van der Waals surface area contributed by atoms with Crippen LogP contribution in [0.5, 0.6) is 0 Å². The summed E-state index contributed by atoms with van der Waals surface area (Å²) in [6.07, 6.45) is 0. The molecule has 0 N–H and O–H groups in total. The van der Waals surface area contributed by atoms with Crippen molar-refractivity contribution in [3.63, 3.8) is 0 Å². The summed E-state index contributed by atoms with van der Waals surface area (Å²) in [6.45, 7) is 8.67. The van der Waals surface area contributed by atoms with Crippen LogP contribution in [-0.2, 0) is 5.41 Å². The maximum Gasteiger partial charge on any atom is 0.123 e. The fourth-order valence-corrected chi connectivity index (χ4v) is 3.16. The number of fused-ring (bicyclic) bond motifs is 1. The van der Waals surface area contributed by atoms with Crippen molar-refractivity contribution in [2.45, 2.75) is 33.1 Å². The van der Waals surface area contributed by atoms with Crippen molar-refractivity contribution >= 4 is 21.4 Å². The Bertz CT molecular complexity index is 503. The largest absolute Gasteiger partial charge is 0.207 e. The lowest BCUT2D eigenvalue weighted by molar-refractivity contribution is 0.600.